The maximum absolute atomic E-state index is 12.5. The van der Waals surface area contributed by atoms with Crippen LogP contribution in [-0.2, 0) is 6.61 Å². The minimum atomic E-state index is -0.245. The van der Waals surface area contributed by atoms with Crippen LogP contribution in [0.3, 0.4) is 0 Å². The average Bonchev–Trinajstić information content (AvgIpc) is 3.37. The number of amides is 2. The molecule has 1 aliphatic carbocycles. The van der Waals surface area contributed by atoms with Gasteiger partial charge in [-0.15, -0.1) is 11.3 Å². The number of carbonyl (C=O) groups excluding carboxylic acids is 2. The van der Waals surface area contributed by atoms with Crippen LogP contribution in [0, 0.1) is 0 Å². The molecule has 0 atom stereocenters. The van der Waals surface area contributed by atoms with Gasteiger partial charge in [0.1, 0.15) is 12.4 Å². The smallest absolute Gasteiger partial charge is 0.255 e. The summed E-state index contributed by atoms with van der Waals surface area (Å²) in [5.41, 5.74) is 4.26. The van der Waals surface area contributed by atoms with E-state index in [-0.39, 0.29) is 11.8 Å². The predicted molar refractivity (Wildman–Crippen MR) is 108 cm³/mol. The van der Waals surface area contributed by atoms with Crippen LogP contribution in [0.1, 0.15) is 39.3 Å². The van der Waals surface area contributed by atoms with E-state index >= 15 is 0 Å². The van der Waals surface area contributed by atoms with Crippen molar-refractivity contribution in [3.05, 3.63) is 76.2 Å². The fourth-order valence-corrected chi connectivity index (χ4v) is 3.15. The van der Waals surface area contributed by atoms with Gasteiger partial charge in [-0.25, -0.2) is 4.98 Å². The molecule has 1 aromatic heterocycles. The van der Waals surface area contributed by atoms with Gasteiger partial charge in [0.2, 0.25) is 0 Å². The summed E-state index contributed by atoms with van der Waals surface area (Å²) in [4.78, 5) is 28.8. The fraction of sp³-hybridized carbons (Fsp3) is 0.190. The highest BCUT2D eigenvalue weighted by Gasteiger charge is 2.23. The van der Waals surface area contributed by atoms with Crippen LogP contribution >= 0.6 is 11.3 Å². The molecule has 0 unspecified atom stereocenters. The lowest BCUT2D eigenvalue weighted by Gasteiger charge is -2.09. The Morgan fingerprint density at radius 3 is 2.61 bits per heavy atom. The van der Waals surface area contributed by atoms with Crippen molar-refractivity contribution in [1.29, 1.82) is 0 Å². The van der Waals surface area contributed by atoms with Gasteiger partial charge in [-0.2, -0.15) is 0 Å². The Hall–Kier alpha value is -3.19. The number of nitrogens with zero attached hydrogens (tertiary/aromatic N) is 1. The normalized spacial score (nSPS) is 13.0. The van der Waals surface area contributed by atoms with Crippen LogP contribution < -0.4 is 15.4 Å². The molecule has 2 aromatic carbocycles. The Kier molecular flexibility index (Phi) is 5.34. The van der Waals surface area contributed by atoms with E-state index in [9.17, 15) is 9.59 Å². The van der Waals surface area contributed by atoms with Gasteiger partial charge < -0.3 is 15.4 Å². The first-order valence-corrected chi connectivity index (χ1v) is 9.94. The van der Waals surface area contributed by atoms with E-state index in [2.05, 4.69) is 15.6 Å². The number of nitrogens with one attached hydrogen (secondary N) is 2. The van der Waals surface area contributed by atoms with E-state index in [1.165, 1.54) is 11.3 Å². The lowest BCUT2D eigenvalue weighted by molar-refractivity contribution is 0.0949. The quantitative estimate of drug-likeness (QED) is 0.639. The molecule has 0 saturated heterocycles. The zero-order valence-electron chi connectivity index (χ0n) is 15.1. The second kappa shape index (κ2) is 8.22. The van der Waals surface area contributed by atoms with Crippen molar-refractivity contribution in [2.75, 3.05) is 5.32 Å². The van der Waals surface area contributed by atoms with Crippen LogP contribution in [0.15, 0.2) is 59.4 Å². The van der Waals surface area contributed by atoms with Gasteiger partial charge in [-0.3, -0.25) is 9.59 Å². The standard InChI is InChI=1S/C21H19N3O3S/c25-20(14-4-8-19(9-5-14)27-11-18-12-28-13-22-18)24-17-3-1-2-15(10-17)21(26)23-16-6-7-16/h1-5,8-10,12-13,16H,6-7,11H2,(H,23,26)(H,24,25). The van der Waals surface area contributed by atoms with Crippen molar-refractivity contribution in [3.63, 3.8) is 0 Å². The van der Waals surface area contributed by atoms with Crippen LogP contribution in [-0.4, -0.2) is 22.8 Å². The third kappa shape index (κ3) is 4.75. The molecule has 4 rings (SSSR count). The van der Waals surface area contributed by atoms with Crippen molar-refractivity contribution < 1.29 is 14.3 Å². The molecule has 0 aliphatic heterocycles. The van der Waals surface area contributed by atoms with Crippen molar-refractivity contribution >= 4 is 28.8 Å². The first-order chi connectivity index (χ1) is 13.7. The van der Waals surface area contributed by atoms with Gasteiger partial charge in [0.15, 0.2) is 0 Å². The maximum atomic E-state index is 12.5. The molecule has 2 N–H and O–H groups in total. The van der Waals surface area contributed by atoms with E-state index in [4.69, 9.17) is 4.74 Å². The molecule has 142 valence electrons. The number of aromatic nitrogens is 1. The highest BCUT2D eigenvalue weighted by Crippen LogP contribution is 2.20. The highest BCUT2D eigenvalue weighted by molar-refractivity contribution is 7.07. The average molecular weight is 393 g/mol. The summed E-state index contributed by atoms with van der Waals surface area (Å²) in [6.45, 7) is 0.394. The molecule has 3 aromatic rings. The number of thiazole rings is 1. The van der Waals surface area contributed by atoms with Crippen LogP contribution in [0.5, 0.6) is 5.75 Å². The largest absolute Gasteiger partial charge is 0.487 e. The van der Waals surface area contributed by atoms with Crippen LogP contribution in [0.25, 0.3) is 0 Å². The molecular weight excluding hydrogens is 374 g/mol. The third-order valence-electron chi connectivity index (χ3n) is 4.28. The number of hydrogen-bond donors (Lipinski definition) is 2. The van der Waals surface area contributed by atoms with Crippen molar-refractivity contribution in [1.82, 2.24) is 10.3 Å². The SMILES string of the molecule is O=C(Nc1cccc(C(=O)NC2CC2)c1)c1ccc(OCc2cscn2)cc1. The van der Waals surface area contributed by atoms with E-state index in [0.717, 1.165) is 18.5 Å². The topological polar surface area (TPSA) is 80.3 Å². The minimum absolute atomic E-state index is 0.111. The fourth-order valence-electron chi connectivity index (χ4n) is 2.61. The van der Waals surface area contributed by atoms with E-state index in [0.29, 0.717) is 35.2 Å². The van der Waals surface area contributed by atoms with Gasteiger partial charge >= 0.3 is 0 Å². The maximum Gasteiger partial charge on any atom is 0.255 e. The van der Waals surface area contributed by atoms with Gasteiger partial charge in [0.05, 0.1) is 11.2 Å². The molecule has 28 heavy (non-hydrogen) atoms. The molecule has 7 heteroatoms. The number of rotatable bonds is 7. The Labute approximate surface area is 166 Å². The summed E-state index contributed by atoms with van der Waals surface area (Å²) in [5, 5.41) is 7.70. The molecular formula is C21H19N3O3S. The van der Waals surface area contributed by atoms with E-state index in [1.54, 1.807) is 54.0 Å². The number of benzene rings is 2. The Bertz CT molecular complexity index is 967. The molecule has 1 aliphatic rings. The monoisotopic (exact) mass is 393 g/mol. The lowest BCUT2D eigenvalue weighted by atomic mass is 10.1. The molecule has 0 radical (unpaired) electrons. The molecule has 1 heterocycles. The van der Waals surface area contributed by atoms with Gasteiger partial charge in [0, 0.05) is 28.2 Å². The van der Waals surface area contributed by atoms with Crippen molar-refractivity contribution in [2.45, 2.75) is 25.5 Å². The highest BCUT2D eigenvalue weighted by atomic mass is 32.1. The second-order valence-electron chi connectivity index (χ2n) is 6.58. The lowest BCUT2D eigenvalue weighted by Crippen LogP contribution is -2.25. The molecule has 0 bridgehead atoms. The Morgan fingerprint density at radius 1 is 1.07 bits per heavy atom. The van der Waals surface area contributed by atoms with Crippen molar-refractivity contribution in [2.24, 2.45) is 0 Å². The van der Waals surface area contributed by atoms with Gasteiger partial charge in [0.25, 0.3) is 11.8 Å². The summed E-state index contributed by atoms with van der Waals surface area (Å²) in [6, 6.07) is 14.1. The van der Waals surface area contributed by atoms with Crippen LogP contribution in [0.2, 0.25) is 0 Å². The molecule has 1 saturated carbocycles. The minimum Gasteiger partial charge on any atom is -0.487 e. The second-order valence-corrected chi connectivity index (χ2v) is 7.29. The Balaban J connectivity index is 1.35. The number of carbonyl (C=O) groups is 2. The summed E-state index contributed by atoms with van der Waals surface area (Å²) in [7, 11) is 0. The van der Waals surface area contributed by atoms with Gasteiger partial charge in [-0.05, 0) is 55.3 Å². The molecule has 1 fully saturated rings. The van der Waals surface area contributed by atoms with Crippen molar-refractivity contribution in [3.8, 4) is 5.75 Å². The molecule has 0 spiro atoms. The zero-order valence-corrected chi connectivity index (χ0v) is 15.9. The summed E-state index contributed by atoms with van der Waals surface area (Å²) < 4.78 is 5.65. The molecule has 6 nitrogen and oxygen atoms in total. The van der Waals surface area contributed by atoms with E-state index < -0.39 is 0 Å². The first-order valence-electron chi connectivity index (χ1n) is 8.99. The summed E-state index contributed by atoms with van der Waals surface area (Å²) >= 11 is 1.52. The molecule has 2 amide bonds. The van der Waals surface area contributed by atoms with E-state index in [1.807, 2.05) is 5.38 Å². The summed E-state index contributed by atoms with van der Waals surface area (Å²) in [6.07, 6.45) is 2.07. The first kappa shape index (κ1) is 18.2. The van der Waals surface area contributed by atoms with Gasteiger partial charge in [-0.1, -0.05) is 6.07 Å². The predicted octanol–water partition coefficient (Wildman–Crippen LogP) is 3.87. The zero-order chi connectivity index (χ0) is 19.3. The third-order valence-corrected chi connectivity index (χ3v) is 4.92. The number of hydrogen-bond acceptors (Lipinski definition) is 5. The number of anilines is 1. The van der Waals surface area contributed by atoms with Crippen LogP contribution in [0.4, 0.5) is 5.69 Å². The Morgan fingerprint density at radius 2 is 1.89 bits per heavy atom. The summed E-state index contributed by atoms with van der Waals surface area (Å²) in [5.74, 6) is 0.314. The number of ether oxygens (including phenoxy) is 1.